The molecule has 0 bridgehead atoms. The van der Waals surface area contributed by atoms with Crippen molar-refractivity contribution in [3.8, 4) is 11.1 Å². The highest BCUT2D eigenvalue weighted by atomic mass is 35.5. The van der Waals surface area contributed by atoms with Crippen LogP contribution in [0.5, 0.6) is 0 Å². The number of hydrogen-bond acceptors (Lipinski definition) is 1. The van der Waals surface area contributed by atoms with E-state index in [9.17, 15) is 22.4 Å². The Morgan fingerprint density at radius 1 is 1.10 bits per heavy atom. The quantitative estimate of drug-likeness (QED) is 0.733. The number of rotatable bonds is 1. The molecule has 1 aromatic carbocycles. The van der Waals surface area contributed by atoms with Gasteiger partial charge in [0.2, 0.25) is 0 Å². The fraction of sp³-hybridized carbons (Fsp3) is 0.154. The standard InChI is InChI=1S/C13H8ClF4NO/c1-19-11(13(16,17)18)5-4-9(12(19)20)8-3-2-7(14)6-10(8)15/h2-6H,1H3. The fourth-order valence-electron chi connectivity index (χ4n) is 1.83. The molecular formula is C13H8ClF4NO. The lowest BCUT2D eigenvalue weighted by atomic mass is 10.1. The Morgan fingerprint density at radius 3 is 2.25 bits per heavy atom. The molecule has 7 heteroatoms. The molecule has 2 nitrogen and oxygen atoms in total. The molecule has 0 fully saturated rings. The van der Waals surface area contributed by atoms with Crippen molar-refractivity contribution < 1.29 is 17.6 Å². The van der Waals surface area contributed by atoms with E-state index in [0.29, 0.717) is 4.57 Å². The van der Waals surface area contributed by atoms with Crippen molar-refractivity contribution in [2.24, 2.45) is 7.05 Å². The zero-order valence-corrected chi connectivity index (χ0v) is 10.9. The van der Waals surface area contributed by atoms with Gasteiger partial charge in [0.25, 0.3) is 5.56 Å². The third-order valence-corrected chi connectivity index (χ3v) is 3.05. The third-order valence-electron chi connectivity index (χ3n) is 2.82. The lowest BCUT2D eigenvalue weighted by molar-refractivity contribution is -0.143. The van der Waals surface area contributed by atoms with Crippen LogP contribution in [0, 0.1) is 5.82 Å². The molecule has 1 heterocycles. The summed E-state index contributed by atoms with van der Waals surface area (Å²) in [6, 6.07) is 5.30. The maximum atomic E-state index is 13.7. The van der Waals surface area contributed by atoms with Gasteiger partial charge in [-0.2, -0.15) is 13.2 Å². The van der Waals surface area contributed by atoms with E-state index in [1.165, 1.54) is 12.1 Å². The third kappa shape index (κ3) is 2.56. The Morgan fingerprint density at radius 2 is 1.70 bits per heavy atom. The van der Waals surface area contributed by atoms with Crippen molar-refractivity contribution >= 4 is 11.6 Å². The second-order valence-electron chi connectivity index (χ2n) is 4.12. The summed E-state index contributed by atoms with van der Waals surface area (Å²) >= 11 is 5.59. The summed E-state index contributed by atoms with van der Waals surface area (Å²) in [6.45, 7) is 0. The van der Waals surface area contributed by atoms with Crippen LogP contribution >= 0.6 is 11.6 Å². The monoisotopic (exact) mass is 305 g/mol. The highest BCUT2D eigenvalue weighted by Gasteiger charge is 2.34. The van der Waals surface area contributed by atoms with Gasteiger partial charge in [-0.05, 0) is 30.3 Å². The molecule has 0 spiro atoms. The molecule has 0 saturated carbocycles. The molecule has 0 radical (unpaired) electrons. The fourth-order valence-corrected chi connectivity index (χ4v) is 1.99. The van der Waals surface area contributed by atoms with Crippen molar-refractivity contribution in [3.05, 3.63) is 57.2 Å². The van der Waals surface area contributed by atoms with Crippen molar-refractivity contribution in [1.82, 2.24) is 4.57 Å². The van der Waals surface area contributed by atoms with E-state index in [1.807, 2.05) is 0 Å². The smallest absolute Gasteiger partial charge is 0.307 e. The Bertz CT molecular complexity index is 721. The molecule has 0 unspecified atom stereocenters. The van der Waals surface area contributed by atoms with Crippen molar-refractivity contribution in [2.75, 3.05) is 0 Å². The Labute approximate surface area is 116 Å². The van der Waals surface area contributed by atoms with Gasteiger partial charge in [0.15, 0.2) is 0 Å². The molecule has 106 valence electrons. The summed E-state index contributed by atoms with van der Waals surface area (Å²) in [6.07, 6.45) is -4.65. The van der Waals surface area contributed by atoms with E-state index in [1.54, 1.807) is 0 Å². The highest BCUT2D eigenvalue weighted by molar-refractivity contribution is 6.30. The summed E-state index contributed by atoms with van der Waals surface area (Å²) in [7, 11) is 0.989. The predicted molar refractivity (Wildman–Crippen MR) is 67.1 cm³/mol. The van der Waals surface area contributed by atoms with Gasteiger partial charge in [0, 0.05) is 17.6 Å². The summed E-state index contributed by atoms with van der Waals surface area (Å²) in [5, 5.41) is 0.134. The zero-order chi connectivity index (χ0) is 15.1. The second kappa shape index (κ2) is 4.94. The average Bonchev–Trinajstić information content (AvgIpc) is 2.32. The van der Waals surface area contributed by atoms with E-state index in [4.69, 9.17) is 11.6 Å². The molecule has 0 atom stereocenters. The first-order chi connectivity index (χ1) is 9.21. The predicted octanol–water partition coefficient (Wildman–Crippen LogP) is 3.86. The van der Waals surface area contributed by atoms with Crippen LogP contribution in [-0.4, -0.2) is 4.57 Å². The van der Waals surface area contributed by atoms with Gasteiger partial charge >= 0.3 is 6.18 Å². The molecule has 0 aliphatic rings. The zero-order valence-electron chi connectivity index (χ0n) is 10.1. The Kier molecular flexibility index (Phi) is 3.60. The molecule has 0 aliphatic heterocycles. The van der Waals surface area contributed by atoms with Gasteiger partial charge in [-0.1, -0.05) is 11.6 Å². The second-order valence-corrected chi connectivity index (χ2v) is 4.55. The maximum Gasteiger partial charge on any atom is 0.431 e. The average molecular weight is 306 g/mol. The number of hydrogen-bond donors (Lipinski definition) is 0. The summed E-state index contributed by atoms with van der Waals surface area (Å²) < 4.78 is 52.1. The topological polar surface area (TPSA) is 22.0 Å². The van der Waals surface area contributed by atoms with Crippen LogP contribution in [0.3, 0.4) is 0 Å². The molecule has 0 aliphatic carbocycles. The minimum absolute atomic E-state index is 0.0938. The van der Waals surface area contributed by atoms with E-state index >= 15 is 0 Å². The first kappa shape index (κ1) is 14.6. The van der Waals surface area contributed by atoms with Crippen LogP contribution in [0.1, 0.15) is 5.69 Å². The Balaban J connectivity index is 2.66. The number of alkyl halides is 3. The van der Waals surface area contributed by atoms with Crippen molar-refractivity contribution in [3.63, 3.8) is 0 Å². The normalized spacial score (nSPS) is 11.7. The molecule has 20 heavy (non-hydrogen) atoms. The SMILES string of the molecule is Cn1c(C(F)(F)F)ccc(-c2ccc(Cl)cc2F)c1=O. The van der Waals surface area contributed by atoms with E-state index in [0.717, 1.165) is 25.2 Å². The van der Waals surface area contributed by atoms with Crippen LogP contribution in [0.4, 0.5) is 17.6 Å². The molecular weight excluding hydrogens is 298 g/mol. The van der Waals surface area contributed by atoms with Gasteiger partial charge in [-0.25, -0.2) is 4.39 Å². The highest BCUT2D eigenvalue weighted by Crippen LogP contribution is 2.29. The minimum atomic E-state index is -4.65. The molecule has 0 N–H and O–H groups in total. The molecule has 1 aromatic heterocycles. The van der Waals surface area contributed by atoms with Crippen molar-refractivity contribution in [2.45, 2.75) is 6.18 Å². The van der Waals surface area contributed by atoms with Crippen LogP contribution in [0.2, 0.25) is 5.02 Å². The molecule has 0 amide bonds. The van der Waals surface area contributed by atoms with Gasteiger partial charge in [-0.15, -0.1) is 0 Å². The lowest BCUT2D eigenvalue weighted by Crippen LogP contribution is -2.26. The first-order valence-corrected chi connectivity index (χ1v) is 5.82. The van der Waals surface area contributed by atoms with Gasteiger partial charge in [-0.3, -0.25) is 4.79 Å². The molecule has 2 rings (SSSR count). The van der Waals surface area contributed by atoms with Crippen LogP contribution in [0.15, 0.2) is 35.1 Å². The Hall–Kier alpha value is -1.82. The van der Waals surface area contributed by atoms with Crippen molar-refractivity contribution in [1.29, 1.82) is 0 Å². The number of aromatic nitrogens is 1. The summed E-state index contributed by atoms with van der Waals surface area (Å²) in [5.41, 5.74) is -2.28. The minimum Gasteiger partial charge on any atom is -0.307 e. The summed E-state index contributed by atoms with van der Waals surface area (Å²) in [5.74, 6) is -0.769. The van der Waals surface area contributed by atoms with Crippen LogP contribution < -0.4 is 5.56 Å². The number of pyridine rings is 1. The van der Waals surface area contributed by atoms with E-state index in [2.05, 4.69) is 0 Å². The van der Waals surface area contributed by atoms with E-state index < -0.39 is 23.2 Å². The molecule has 2 aromatic rings. The van der Waals surface area contributed by atoms with Crippen LogP contribution in [-0.2, 0) is 13.2 Å². The molecule has 0 saturated heterocycles. The van der Waals surface area contributed by atoms with E-state index in [-0.39, 0.29) is 16.1 Å². The lowest BCUT2D eigenvalue weighted by Gasteiger charge is -2.13. The number of nitrogens with zero attached hydrogens (tertiary/aromatic N) is 1. The van der Waals surface area contributed by atoms with Gasteiger partial charge < -0.3 is 4.57 Å². The number of benzene rings is 1. The van der Waals surface area contributed by atoms with Gasteiger partial charge in [0.05, 0.1) is 5.56 Å². The summed E-state index contributed by atoms with van der Waals surface area (Å²) in [4.78, 5) is 11.9. The van der Waals surface area contributed by atoms with Gasteiger partial charge in [0.1, 0.15) is 11.5 Å². The number of halogens is 5. The first-order valence-electron chi connectivity index (χ1n) is 5.44. The maximum absolute atomic E-state index is 13.7. The van der Waals surface area contributed by atoms with Crippen LogP contribution in [0.25, 0.3) is 11.1 Å². The largest absolute Gasteiger partial charge is 0.431 e.